The van der Waals surface area contributed by atoms with E-state index in [2.05, 4.69) is 5.16 Å². The third-order valence-corrected chi connectivity index (χ3v) is 1.15. The first-order chi connectivity index (χ1) is 4.22. The molecule has 9 heavy (non-hydrogen) atoms. The molecule has 1 aromatic rings. The van der Waals surface area contributed by atoms with Crippen LogP contribution >= 0.6 is 0 Å². The highest BCUT2D eigenvalue weighted by molar-refractivity contribution is 6.32. The van der Waals surface area contributed by atoms with Crippen LogP contribution in [-0.4, -0.2) is 13.0 Å². The van der Waals surface area contributed by atoms with Gasteiger partial charge in [-0.3, -0.25) is 0 Å². The molecule has 0 aliphatic carbocycles. The molecule has 0 fully saturated rings. The molecule has 1 heterocycles. The molecule has 0 bridgehead atoms. The third-order valence-electron chi connectivity index (χ3n) is 1.15. The summed E-state index contributed by atoms with van der Waals surface area (Å²) in [4.78, 5) is 0. The summed E-state index contributed by atoms with van der Waals surface area (Å²) in [5.41, 5.74) is 0.644. The molecule has 0 aliphatic heterocycles. The average Bonchev–Trinajstić information content (AvgIpc) is 2.13. The van der Waals surface area contributed by atoms with Crippen LogP contribution in [0.2, 0.25) is 0 Å². The van der Waals surface area contributed by atoms with Gasteiger partial charge in [0.2, 0.25) is 0 Å². The van der Waals surface area contributed by atoms with Crippen LogP contribution in [-0.2, 0) is 0 Å². The molecular weight excluding hydrogens is 113 g/mol. The van der Waals surface area contributed by atoms with E-state index in [4.69, 9.17) is 12.4 Å². The normalized spacial score (nSPS) is 10.6. The van der Waals surface area contributed by atoms with Crippen LogP contribution in [0.1, 0.15) is 25.5 Å². The van der Waals surface area contributed by atoms with Crippen molar-refractivity contribution in [3.8, 4) is 0 Å². The van der Waals surface area contributed by atoms with Crippen molar-refractivity contribution in [2.45, 2.75) is 19.8 Å². The standard InChI is InChI=1S/C6H8BNO/c1-4(2)6-5(7)3-8-9-6/h3-4H,1-2H3. The number of hydrogen-bond donors (Lipinski definition) is 0. The summed E-state index contributed by atoms with van der Waals surface area (Å²) in [6.07, 6.45) is 1.52. The van der Waals surface area contributed by atoms with Gasteiger partial charge in [0.15, 0.2) is 0 Å². The topological polar surface area (TPSA) is 26.0 Å². The molecule has 46 valence electrons. The smallest absolute Gasteiger partial charge is 0.132 e. The van der Waals surface area contributed by atoms with Crippen molar-refractivity contribution in [1.82, 2.24) is 5.16 Å². The van der Waals surface area contributed by atoms with Gasteiger partial charge in [0.05, 0.1) is 6.20 Å². The minimum atomic E-state index is 0.326. The molecule has 0 aliphatic rings. The fourth-order valence-corrected chi connectivity index (χ4v) is 0.695. The third kappa shape index (κ3) is 1.15. The second kappa shape index (κ2) is 2.25. The Bertz CT molecular complexity index is 195. The van der Waals surface area contributed by atoms with Crippen LogP contribution in [0, 0.1) is 0 Å². The minimum absolute atomic E-state index is 0.326. The van der Waals surface area contributed by atoms with E-state index in [0.29, 0.717) is 11.4 Å². The van der Waals surface area contributed by atoms with Crippen molar-refractivity contribution in [3.63, 3.8) is 0 Å². The van der Waals surface area contributed by atoms with Gasteiger partial charge in [-0.2, -0.15) is 0 Å². The van der Waals surface area contributed by atoms with Gasteiger partial charge in [0.25, 0.3) is 0 Å². The molecule has 0 amide bonds. The van der Waals surface area contributed by atoms with Crippen LogP contribution in [0.3, 0.4) is 0 Å². The predicted molar refractivity (Wildman–Crippen MR) is 36.0 cm³/mol. The fraction of sp³-hybridized carbons (Fsp3) is 0.500. The Balaban J connectivity index is 2.94. The van der Waals surface area contributed by atoms with Crippen molar-refractivity contribution in [2.75, 3.05) is 0 Å². The number of aromatic nitrogens is 1. The van der Waals surface area contributed by atoms with Crippen LogP contribution in [0.25, 0.3) is 0 Å². The molecule has 1 rings (SSSR count). The van der Waals surface area contributed by atoms with E-state index in [1.54, 1.807) is 0 Å². The zero-order chi connectivity index (χ0) is 6.85. The molecule has 0 unspecified atom stereocenters. The van der Waals surface area contributed by atoms with Crippen LogP contribution in [0.15, 0.2) is 10.7 Å². The molecule has 0 N–H and O–H groups in total. The summed E-state index contributed by atoms with van der Waals surface area (Å²) in [5, 5.41) is 3.54. The predicted octanol–water partition coefficient (Wildman–Crippen LogP) is 0.592. The number of rotatable bonds is 1. The first kappa shape index (κ1) is 6.40. The molecule has 1 aromatic heterocycles. The summed E-state index contributed by atoms with van der Waals surface area (Å²) in [6.45, 7) is 4.02. The van der Waals surface area contributed by atoms with Gasteiger partial charge in [-0.15, -0.1) is 0 Å². The van der Waals surface area contributed by atoms with E-state index >= 15 is 0 Å². The van der Waals surface area contributed by atoms with Crippen molar-refractivity contribution < 1.29 is 4.52 Å². The van der Waals surface area contributed by atoms with Crippen molar-refractivity contribution in [3.05, 3.63) is 12.0 Å². The maximum Gasteiger partial charge on any atom is 0.132 e. The lowest BCUT2D eigenvalue weighted by atomic mass is 9.93. The van der Waals surface area contributed by atoms with Gasteiger partial charge >= 0.3 is 0 Å². The van der Waals surface area contributed by atoms with Gasteiger partial charge in [-0.05, 0) is 5.46 Å². The molecule has 0 saturated carbocycles. The number of hydrogen-bond acceptors (Lipinski definition) is 2. The summed E-state index contributed by atoms with van der Waals surface area (Å²) in [7, 11) is 5.49. The highest BCUT2D eigenvalue weighted by atomic mass is 16.5. The van der Waals surface area contributed by atoms with Crippen LogP contribution in [0.4, 0.5) is 0 Å². The van der Waals surface area contributed by atoms with Gasteiger partial charge < -0.3 is 4.52 Å². The Labute approximate surface area is 55.6 Å². The molecule has 0 atom stereocenters. The quantitative estimate of drug-likeness (QED) is 0.508. The highest BCUT2D eigenvalue weighted by Crippen LogP contribution is 2.08. The maximum atomic E-state index is 5.49. The lowest BCUT2D eigenvalue weighted by Crippen LogP contribution is -2.05. The molecule has 0 spiro atoms. The molecule has 2 nitrogen and oxygen atoms in total. The fourth-order valence-electron chi connectivity index (χ4n) is 0.695. The van der Waals surface area contributed by atoms with E-state index in [9.17, 15) is 0 Å². The Morgan fingerprint density at radius 3 is 2.56 bits per heavy atom. The Morgan fingerprint density at radius 2 is 2.33 bits per heavy atom. The molecule has 3 heteroatoms. The monoisotopic (exact) mass is 121 g/mol. The Kier molecular flexibility index (Phi) is 1.60. The molecule has 2 radical (unpaired) electrons. The Hall–Kier alpha value is -0.725. The molecule has 0 saturated heterocycles. The zero-order valence-corrected chi connectivity index (χ0v) is 5.59. The van der Waals surface area contributed by atoms with Gasteiger partial charge in [-0.25, -0.2) is 0 Å². The summed E-state index contributed by atoms with van der Waals surface area (Å²) >= 11 is 0. The zero-order valence-electron chi connectivity index (χ0n) is 5.59. The summed E-state index contributed by atoms with van der Waals surface area (Å²) in [6, 6.07) is 0. The lowest BCUT2D eigenvalue weighted by Gasteiger charge is -1.97. The molecular formula is C6H8BNO. The van der Waals surface area contributed by atoms with Crippen LogP contribution in [0.5, 0.6) is 0 Å². The van der Waals surface area contributed by atoms with Gasteiger partial charge in [-0.1, -0.05) is 19.0 Å². The number of nitrogens with zero attached hydrogens (tertiary/aromatic N) is 1. The van der Waals surface area contributed by atoms with E-state index < -0.39 is 0 Å². The minimum Gasteiger partial charge on any atom is -0.362 e. The second-order valence-electron chi connectivity index (χ2n) is 2.30. The molecule has 0 aromatic carbocycles. The SMILES string of the molecule is [B]c1cnoc1C(C)C. The van der Waals surface area contributed by atoms with E-state index in [1.165, 1.54) is 6.20 Å². The van der Waals surface area contributed by atoms with Gasteiger partial charge in [0.1, 0.15) is 13.6 Å². The highest BCUT2D eigenvalue weighted by Gasteiger charge is 2.05. The largest absolute Gasteiger partial charge is 0.362 e. The average molecular weight is 121 g/mol. The summed E-state index contributed by atoms with van der Waals surface area (Å²) < 4.78 is 4.85. The van der Waals surface area contributed by atoms with E-state index in [0.717, 1.165) is 5.76 Å². The first-order valence-electron chi connectivity index (χ1n) is 2.92. The van der Waals surface area contributed by atoms with Crippen molar-refractivity contribution in [2.24, 2.45) is 0 Å². The van der Waals surface area contributed by atoms with Crippen LogP contribution < -0.4 is 5.46 Å². The van der Waals surface area contributed by atoms with Crippen molar-refractivity contribution >= 4 is 13.3 Å². The van der Waals surface area contributed by atoms with Gasteiger partial charge in [0, 0.05) is 5.92 Å². The van der Waals surface area contributed by atoms with E-state index in [-0.39, 0.29) is 0 Å². The Morgan fingerprint density at radius 1 is 1.67 bits per heavy atom. The summed E-state index contributed by atoms with van der Waals surface area (Å²) in [5.74, 6) is 1.10. The van der Waals surface area contributed by atoms with E-state index in [1.807, 2.05) is 13.8 Å². The first-order valence-corrected chi connectivity index (χ1v) is 2.92. The van der Waals surface area contributed by atoms with Crippen molar-refractivity contribution in [1.29, 1.82) is 0 Å². The lowest BCUT2D eigenvalue weighted by molar-refractivity contribution is 0.372. The maximum absolute atomic E-state index is 5.49. The second-order valence-corrected chi connectivity index (χ2v) is 2.30.